The molecule has 4 aromatic rings. The first-order chi connectivity index (χ1) is 26.6. The van der Waals surface area contributed by atoms with Crippen LogP contribution in [0.4, 0.5) is 20.2 Å². The number of hydrogen-bond acceptors (Lipinski definition) is 8. The number of rotatable bonds is 8. The molecule has 2 amide bonds. The normalized spacial score (nSPS) is 18.9. The van der Waals surface area contributed by atoms with E-state index in [9.17, 15) is 35.2 Å². The Morgan fingerprint density at radius 2 is 1.00 bits per heavy atom. The summed E-state index contributed by atoms with van der Waals surface area (Å²) in [6.07, 6.45) is 11.1. The van der Waals surface area contributed by atoms with Crippen molar-refractivity contribution in [3.63, 3.8) is 0 Å². The molecule has 0 saturated heterocycles. The van der Waals surface area contributed by atoms with Gasteiger partial charge in [0.15, 0.2) is 0 Å². The molecule has 56 heavy (non-hydrogen) atoms. The van der Waals surface area contributed by atoms with Crippen molar-refractivity contribution in [2.45, 2.75) is 77.3 Å². The van der Waals surface area contributed by atoms with E-state index in [2.05, 4.69) is 19.4 Å². The molecule has 0 bridgehead atoms. The van der Waals surface area contributed by atoms with Crippen molar-refractivity contribution < 1.29 is 35.2 Å². The number of anilines is 2. The van der Waals surface area contributed by atoms with Crippen LogP contribution < -0.4 is 19.2 Å². The third kappa shape index (κ3) is 7.59. The van der Waals surface area contributed by atoms with Gasteiger partial charge in [0.05, 0.1) is 11.5 Å². The number of pyridine rings is 2. The third-order valence-corrected chi connectivity index (χ3v) is 14.1. The molecule has 4 aliphatic rings. The van der Waals surface area contributed by atoms with E-state index >= 15 is 0 Å². The molecule has 2 N–H and O–H groups in total. The molecule has 16 heteroatoms. The lowest BCUT2D eigenvalue weighted by Crippen LogP contribution is -2.31. The molecule has 2 aliphatic carbocycles. The van der Waals surface area contributed by atoms with E-state index in [1.165, 1.54) is 21.9 Å². The molecule has 12 nitrogen and oxygen atoms in total. The Kier molecular flexibility index (Phi) is 10.9. The zero-order valence-electron chi connectivity index (χ0n) is 31.7. The van der Waals surface area contributed by atoms with Crippen LogP contribution in [0.2, 0.25) is 0 Å². The second kappa shape index (κ2) is 15.4. The van der Waals surface area contributed by atoms with Crippen LogP contribution in [-0.2, 0) is 55.3 Å². The minimum Gasteiger partial charge on any atom is -0.315 e. The standard InChI is InChI=1S/2C20H22FN3O3S/c2*1-3-28(26,27)23-18-6-5-13-15(10-22-11-16(13)18)14-8-12-4-7-20(25)24(2)19(12)9-17(14)21/h2*8-11,18,23H,3-7H2,1-2H3. The SMILES string of the molecule is CCS(=O)(=O)NC1CCc2c(-c3cc4c(cc3F)N(C)C(=O)CC4)cncc21.CCS(=O)(=O)NC1CCc2c(-c3cc4c(cc3F)N(C)C(=O)CC4)cncc21. The van der Waals surface area contributed by atoms with Gasteiger partial charge in [0.2, 0.25) is 31.9 Å². The van der Waals surface area contributed by atoms with E-state index in [0.29, 0.717) is 85.0 Å². The molecule has 0 radical (unpaired) electrons. The number of carbonyl (C=O) groups excluding carboxylic acids is 2. The van der Waals surface area contributed by atoms with Gasteiger partial charge in [-0.3, -0.25) is 19.6 Å². The maximum absolute atomic E-state index is 15.0. The Morgan fingerprint density at radius 1 is 0.607 bits per heavy atom. The van der Waals surface area contributed by atoms with Gasteiger partial charge in [-0.1, -0.05) is 0 Å². The summed E-state index contributed by atoms with van der Waals surface area (Å²) in [4.78, 5) is 35.3. The van der Waals surface area contributed by atoms with Crippen LogP contribution in [0, 0.1) is 11.6 Å². The lowest BCUT2D eigenvalue weighted by Gasteiger charge is -2.26. The number of amides is 2. The van der Waals surface area contributed by atoms with E-state index in [-0.39, 0.29) is 35.4 Å². The number of fused-ring (bicyclic) bond motifs is 4. The second-order valence-corrected chi connectivity index (χ2v) is 18.6. The van der Waals surface area contributed by atoms with Gasteiger partial charge in [-0.25, -0.2) is 35.1 Å². The predicted octanol–water partition coefficient (Wildman–Crippen LogP) is 5.45. The molecular formula is C40H44F2N6O6S2. The van der Waals surface area contributed by atoms with Crippen molar-refractivity contribution in [3.05, 3.63) is 94.1 Å². The second-order valence-electron chi connectivity index (χ2n) is 14.6. The number of nitrogens with zero attached hydrogens (tertiary/aromatic N) is 4. The summed E-state index contributed by atoms with van der Waals surface area (Å²) < 4.78 is 83.2. The Hall–Kier alpha value is -4.64. The average molecular weight is 807 g/mol. The highest BCUT2D eigenvalue weighted by Gasteiger charge is 2.32. The molecule has 0 spiro atoms. The van der Waals surface area contributed by atoms with Crippen molar-refractivity contribution >= 4 is 43.2 Å². The number of nitrogens with one attached hydrogen (secondary N) is 2. The lowest BCUT2D eigenvalue weighted by atomic mass is 9.93. The maximum atomic E-state index is 15.0. The van der Waals surface area contributed by atoms with E-state index in [1.807, 2.05) is 0 Å². The van der Waals surface area contributed by atoms with E-state index < -0.39 is 31.7 Å². The molecule has 2 aliphatic heterocycles. The zero-order chi connectivity index (χ0) is 40.1. The van der Waals surface area contributed by atoms with Gasteiger partial charge in [0, 0.05) is 97.4 Å². The van der Waals surface area contributed by atoms with Gasteiger partial charge in [-0.15, -0.1) is 0 Å². The fourth-order valence-electron chi connectivity index (χ4n) is 8.10. The largest absolute Gasteiger partial charge is 0.315 e. The average Bonchev–Trinajstić information content (AvgIpc) is 3.78. The van der Waals surface area contributed by atoms with Crippen LogP contribution in [0.25, 0.3) is 22.3 Å². The van der Waals surface area contributed by atoms with Crippen LogP contribution in [-0.4, -0.2) is 64.2 Å². The molecule has 2 atom stereocenters. The fourth-order valence-corrected chi connectivity index (χ4v) is 9.79. The van der Waals surface area contributed by atoms with E-state index in [0.717, 1.165) is 33.4 Å². The number of aryl methyl sites for hydroxylation is 2. The van der Waals surface area contributed by atoms with E-state index in [1.54, 1.807) is 64.9 Å². The van der Waals surface area contributed by atoms with Crippen LogP contribution in [0.15, 0.2) is 49.1 Å². The van der Waals surface area contributed by atoms with Gasteiger partial charge >= 0.3 is 0 Å². The Balaban J connectivity index is 0.000000172. The molecule has 8 rings (SSSR count). The van der Waals surface area contributed by atoms with Crippen molar-refractivity contribution in [2.24, 2.45) is 0 Å². The number of carbonyl (C=O) groups is 2. The first-order valence-electron chi connectivity index (χ1n) is 18.7. The Labute approximate surface area is 325 Å². The molecule has 0 fully saturated rings. The maximum Gasteiger partial charge on any atom is 0.227 e. The van der Waals surface area contributed by atoms with Crippen molar-refractivity contribution in [1.82, 2.24) is 19.4 Å². The summed E-state index contributed by atoms with van der Waals surface area (Å²) in [7, 11) is -3.37. The minimum absolute atomic E-state index is 0.0115. The molecule has 2 unspecified atom stereocenters. The Bertz CT molecular complexity index is 2310. The quantitative estimate of drug-likeness (QED) is 0.238. The van der Waals surface area contributed by atoms with Crippen LogP contribution >= 0.6 is 0 Å². The van der Waals surface area contributed by atoms with Gasteiger partial charge in [0.25, 0.3) is 0 Å². The summed E-state index contributed by atoms with van der Waals surface area (Å²) >= 11 is 0. The van der Waals surface area contributed by atoms with Crippen molar-refractivity contribution in [1.29, 1.82) is 0 Å². The molecule has 4 heterocycles. The van der Waals surface area contributed by atoms with Crippen molar-refractivity contribution in [3.8, 4) is 22.3 Å². The smallest absolute Gasteiger partial charge is 0.227 e. The number of aromatic nitrogens is 2. The molecule has 2 aromatic heterocycles. The number of sulfonamides is 2. The lowest BCUT2D eigenvalue weighted by molar-refractivity contribution is -0.119. The third-order valence-electron chi connectivity index (χ3n) is 11.3. The zero-order valence-corrected chi connectivity index (χ0v) is 33.3. The predicted molar refractivity (Wildman–Crippen MR) is 210 cm³/mol. The number of halogens is 2. The number of benzene rings is 2. The molecule has 2 aromatic carbocycles. The Morgan fingerprint density at radius 3 is 1.38 bits per heavy atom. The van der Waals surface area contributed by atoms with Crippen LogP contribution in [0.1, 0.15) is 85.0 Å². The van der Waals surface area contributed by atoms with Crippen molar-refractivity contribution in [2.75, 3.05) is 35.4 Å². The summed E-state index contributed by atoms with van der Waals surface area (Å²) in [5, 5.41) is 0. The summed E-state index contributed by atoms with van der Waals surface area (Å²) in [6.45, 7) is 3.19. The monoisotopic (exact) mass is 806 g/mol. The molecule has 296 valence electrons. The van der Waals surface area contributed by atoms with Crippen LogP contribution in [0.3, 0.4) is 0 Å². The summed E-state index contributed by atoms with van der Waals surface area (Å²) in [5.74, 6) is -0.836. The minimum atomic E-state index is -3.34. The highest BCUT2D eigenvalue weighted by atomic mass is 32.2. The highest BCUT2D eigenvalue weighted by molar-refractivity contribution is 7.89. The highest BCUT2D eigenvalue weighted by Crippen LogP contribution is 2.42. The molecular weight excluding hydrogens is 763 g/mol. The number of hydrogen-bond donors (Lipinski definition) is 2. The first kappa shape index (κ1) is 39.6. The topological polar surface area (TPSA) is 159 Å². The molecule has 0 saturated carbocycles. The van der Waals surface area contributed by atoms with Gasteiger partial charge < -0.3 is 9.80 Å². The van der Waals surface area contributed by atoms with Gasteiger partial charge in [-0.2, -0.15) is 0 Å². The van der Waals surface area contributed by atoms with Gasteiger partial charge in [0.1, 0.15) is 11.6 Å². The first-order valence-corrected chi connectivity index (χ1v) is 22.0. The fraction of sp³-hybridized carbons (Fsp3) is 0.400. The van der Waals surface area contributed by atoms with E-state index in [4.69, 9.17) is 0 Å². The van der Waals surface area contributed by atoms with Crippen LogP contribution in [0.5, 0.6) is 0 Å². The summed E-state index contributed by atoms with van der Waals surface area (Å²) in [6, 6.07) is 5.75. The van der Waals surface area contributed by atoms with Gasteiger partial charge in [-0.05, 0) is 110 Å². The summed E-state index contributed by atoms with van der Waals surface area (Å²) in [5.41, 5.74) is 8.81.